The average molecular weight is 283 g/mol. The fourth-order valence-corrected chi connectivity index (χ4v) is 3.30. The minimum atomic E-state index is -3.06. The summed E-state index contributed by atoms with van der Waals surface area (Å²) in [5.41, 5.74) is 8.80. The van der Waals surface area contributed by atoms with E-state index in [-0.39, 0.29) is 6.04 Å². The van der Waals surface area contributed by atoms with E-state index in [9.17, 15) is 8.42 Å². The highest BCUT2D eigenvalue weighted by Crippen LogP contribution is 2.26. The molecule has 1 aliphatic heterocycles. The molecule has 0 aliphatic carbocycles. The first-order valence-electron chi connectivity index (χ1n) is 6.44. The zero-order valence-electron chi connectivity index (χ0n) is 11.4. The van der Waals surface area contributed by atoms with Crippen LogP contribution in [0.2, 0.25) is 0 Å². The van der Waals surface area contributed by atoms with E-state index < -0.39 is 10.0 Å². The Balaban J connectivity index is 2.00. The number of nitrogens with two attached hydrogens (primary N) is 1. The van der Waals surface area contributed by atoms with E-state index in [1.54, 1.807) is 0 Å². The smallest absolute Gasteiger partial charge is 0.211 e. The van der Waals surface area contributed by atoms with Crippen molar-refractivity contribution >= 4 is 21.4 Å². The third-order valence-electron chi connectivity index (χ3n) is 3.58. The summed E-state index contributed by atoms with van der Waals surface area (Å²) in [5, 5.41) is 3.44. The largest absolute Gasteiger partial charge is 0.397 e. The minimum absolute atomic E-state index is 0.279. The van der Waals surface area contributed by atoms with Crippen LogP contribution in [0.3, 0.4) is 0 Å². The summed E-state index contributed by atoms with van der Waals surface area (Å²) in [5.74, 6) is 0. The molecule has 3 N–H and O–H groups in total. The lowest BCUT2D eigenvalue weighted by Gasteiger charge is -2.31. The van der Waals surface area contributed by atoms with Crippen molar-refractivity contribution in [1.82, 2.24) is 4.31 Å². The number of benzene rings is 1. The number of nitrogens with zero attached hydrogens (tertiary/aromatic N) is 1. The molecule has 0 radical (unpaired) electrons. The van der Waals surface area contributed by atoms with Crippen molar-refractivity contribution in [2.45, 2.75) is 25.8 Å². The normalized spacial score (nSPS) is 18.4. The Hall–Kier alpha value is -1.27. The van der Waals surface area contributed by atoms with Crippen molar-refractivity contribution in [3.8, 4) is 0 Å². The molecule has 0 saturated carbocycles. The van der Waals surface area contributed by atoms with Crippen molar-refractivity contribution in [2.24, 2.45) is 0 Å². The lowest BCUT2D eigenvalue weighted by Crippen LogP contribution is -2.42. The van der Waals surface area contributed by atoms with E-state index in [2.05, 4.69) is 5.32 Å². The molecule has 1 aromatic carbocycles. The standard InChI is InChI=1S/C13H21N3O2S/c1-10-4-3-5-12(14)13(10)15-11-6-8-16(9-7-11)19(2,17)18/h3-5,11,15H,6-9,14H2,1-2H3. The third kappa shape index (κ3) is 3.39. The molecule has 0 unspecified atom stereocenters. The van der Waals surface area contributed by atoms with Gasteiger partial charge in [0.1, 0.15) is 0 Å². The van der Waals surface area contributed by atoms with Crippen LogP contribution < -0.4 is 11.1 Å². The Kier molecular flexibility index (Phi) is 4.01. The fourth-order valence-electron chi connectivity index (χ4n) is 2.42. The highest BCUT2D eigenvalue weighted by Gasteiger charge is 2.25. The molecule has 1 fully saturated rings. The lowest BCUT2D eigenvalue weighted by atomic mass is 10.0. The van der Waals surface area contributed by atoms with Crippen LogP contribution in [0.1, 0.15) is 18.4 Å². The van der Waals surface area contributed by atoms with Crippen LogP contribution >= 0.6 is 0 Å². The van der Waals surface area contributed by atoms with Gasteiger partial charge in [-0.1, -0.05) is 12.1 Å². The minimum Gasteiger partial charge on any atom is -0.397 e. The van der Waals surface area contributed by atoms with Gasteiger partial charge >= 0.3 is 0 Å². The molecular weight excluding hydrogens is 262 g/mol. The van der Waals surface area contributed by atoms with Crippen LogP contribution in [0.15, 0.2) is 18.2 Å². The molecule has 1 saturated heterocycles. The summed E-state index contributed by atoms with van der Waals surface area (Å²) >= 11 is 0. The van der Waals surface area contributed by atoms with Gasteiger partial charge in [0.05, 0.1) is 17.6 Å². The second-order valence-electron chi connectivity index (χ2n) is 5.12. The molecular formula is C13H21N3O2S. The summed E-state index contributed by atoms with van der Waals surface area (Å²) in [6.45, 7) is 3.16. The summed E-state index contributed by atoms with van der Waals surface area (Å²) in [4.78, 5) is 0. The Bertz CT molecular complexity index is 529. The first kappa shape index (κ1) is 14.1. The van der Waals surface area contributed by atoms with Gasteiger partial charge < -0.3 is 11.1 Å². The van der Waals surface area contributed by atoms with E-state index in [0.717, 1.165) is 29.8 Å². The number of sulfonamides is 1. The van der Waals surface area contributed by atoms with E-state index in [0.29, 0.717) is 13.1 Å². The summed E-state index contributed by atoms with van der Waals surface area (Å²) in [6.07, 6.45) is 2.88. The number of aryl methyl sites for hydroxylation is 1. The highest BCUT2D eigenvalue weighted by molar-refractivity contribution is 7.88. The summed E-state index contributed by atoms with van der Waals surface area (Å²) in [7, 11) is -3.06. The number of nitrogen functional groups attached to an aromatic ring is 1. The van der Waals surface area contributed by atoms with Crippen LogP contribution in [0.4, 0.5) is 11.4 Å². The molecule has 6 heteroatoms. The van der Waals surface area contributed by atoms with Gasteiger partial charge in [-0.3, -0.25) is 0 Å². The van der Waals surface area contributed by atoms with Crippen molar-refractivity contribution in [3.05, 3.63) is 23.8 Å². The number of hydrogen-bond acceptors (Lipinski definition) is 4. The van der Waals surface area contributed by atoms with Crippen molar-refractivity contribution in [1.29, 1.82) is 0 Å². The fraction of sp³-hybridized carbons (Fsp3) is 0.538. The van der Waals surface area contributed by atoms with Gasteiger partial charge in [0.25, 0.3) is 0 Å². The first-order valence-corrected chi connectivity index (χ1v) is 8.29. The zero-order valence-corrected chi connectivity index (χ0v) is 12.2. The molecule has 0 spiro atoms. The van der Waals surface area contributed by atoms with Crippen LogP contribution in [0.25, 0.3) is 0 Å². The number of para-hydroxylation sites is 1. The van der Waals surface area contributed by atoms with E-state index in [1.807, 2.05) is 25.1 Å². The maximum absolute atomic E-state index is 11.4. The maximum Gasteiger partial charge on any atom is 0.211 e. The van der Waals surface area contributed by atoms with Crippen LogP contribution in [-0.2, 0) is 10.0 Å². The molecule has 0 atom stereocenters. The number of anilines is 2. The van der Waals surface area contributed by atoms with Crippen LogP contribution in [0.5, 0.6) is 0 Å². The van der Waals surface area contributed by atoms with E-state index >= 15 is 0 Å². The quantitative estimate of drug-likeness (QED) is 0.823. The number of piperidine rings is 1. The van der Waals surface area contributed by atoms with Crippen LogP contribution in [-0.4, -0.2) is 38.1 Å². The maximum atomic E-state index is 11.4. The van der Waals surface area contributed by atoms with Gasteiger partial charge in [-0.05, 0) is 31.4 Å². The number of nitrogens with one attached hydrogen (secondary N) is 1. The molecule has 2 rings (SSSR count). The Morgan fingerprint density at radius 3 is 2.47 bits per heavy atom. The van der Waals surface area contributed by atoms with Gasteiger partial charge in [0.2, 0.25) is 10.0 Å². The molecule has 5 nitrogen and oxygen atoms in total. The summed E-state index contributed by atoms with van der Waals surface area (Å²) < 4.78 is 24.4. The SMILES string of the molecule is Cc1cccc(N)c1NC1CCN(S(C)(=O)=O)CC1. The second-order valence-corrected chi connectivity index (χ2v) is 7.10. The number of rotatable bonds is 3. The van der Waals surface area contributed by atoms with E-state index in [1.165, 1.54) is 10.6 Å². The second kappa shape index (κ2) is 5.38. The Morgan fingerprint density at radius 2 is 1.95 bits per heavy atom. The highest BCUT2D eigenvalue weighted by atomic mass is 32.2. The molecule has 1 aromatic rings. The molecule has 0 amide bonds. The van der Waals surface area contributed by atoms with E-state index in [4.69, 9.17) is 5.73 Å². The molecule has 1 heterocycles. The van der Waals surface area contributed by atoms with Gasteiger partial charge in [-0.2, -0.15) is 0 Å². The number of hydrogen-bond donors (Lipinski definition) is 2. The van der Waals surface area contributed by atoms with Crippen molar-refractivity contribution in [2.75, 3.05) is 30.4 Å². The molecule has 19 heavy (non-hydrogen) atoms. The van der Waals surface area contributed by atoms with Crippen molar-refractivity contribution < 1.29 is 8.42 Å². The molecule has 0 bridgehead atoms. The average Bonchev–Trinajstić information content (AvgIpc) is 2.33. The van der Waals surface area contributed by atoms with Gasteiger partial charge in [0, 0.05) is 19.1 Å². The molecule has 1 aliphatic rings. The van der Waals surface area contributed by atoms with Gasteiger partial charge in [-0.25, -0.2) is 12.7 Å². The molecule has 0 aromatic heterocycles. The Morgan fingerprint density at radius 1 is 1.32 bits per heavy atom. The lowest BCUT2D eigenvalue weighted by molar-refractivity contribution is 0.332. The summed E-state index contributed by atoms with van der Waals surface area (Å²) in [6, 6.07) is 6.11. The third-order valence-corrected chi connectivity index (χ3v) is 4.88. The Labute approximate surface area is 114 Å². The topological polar surface area (TPSA) is 75.4 Å². The van der Waals surface area contributed by atoms with Gasteiger partial charge in [-0.15, -0.1) is 0 Å². The van der Waals surface area contributed by atoms with Crippen molar-refractivity contribution in [3.63, 3.8) is 0 Å². The first-order chi connectivity index (χ1) is 8.88. The van der Waals surface area contributed by atoms with Gasteiger partial charge in [0.15, 0.2) is 0 Å². The predicted molar refractivity (Wildman–Crippen MR) is 78.7 cm³/mol. The van der Waals surface area contributed by atoms with Crippen LogP contribution in [0, 0.1) is 6.92 Å². The predicted octanol–water partition coefficient (Wildman–Crippen LogP) is 1.41. The molecule has 106 valence electrons. The zero-order chi connectivity index (χ0) is 14.0. The monoisotopic (exact) mass is 283 g/mol.